The summed E-state index contributed by atoms with van der Waals surface area (Å²) in [4.78, 5) is 4.12. The molecule has 17 heavy (non-hydrogen) atoms. The van der Waals surface area contributed by atoms with E-state index in [1.807, 2.05) is 36.6 Å². The smallest absolute Gasteiger partial charge is 0.0994 e. The highest BCUT2D eigenvalue weighted by atomic mass is 15.1. The Morgan fingerprint density at radius 3 is 2.82 bits per heavy atom. The molecule has 86 valence electrons. The zero-order chi connectivity index (χ0) is 12.5. The predicted octanol–water partition coefficient (Wildman–Crippen LogP) is 1.94. The second-order valence-corrected chi connectivity index (χ2v) is 4.53. The fourth-order valence-corrected chi connectivity index (χ4v) is 1.70. The van der Waals surface area contributed by atoms with Gasteiger partial charge in [0.15, 0.2) is 0 Å². The van der Waals surface area contributed by atoms with Crippen LogP contribution in [0.15, 0.2) is 36.8 Å². The molecule has 2 rings (SSSR count). The van der Waals surface area contributed by atoms with E-state index in [1.165, 1.54) is 0 Å². The van der Waals surface area contributed by atoms with Crippen LogP contribution in [0.5, 0.6) is 0 Å². The molecule has 2 aromatic rings. The predicted molar refractivity (Wildman–Crippen MR) is 65.5 cm³/mol. The van der Waals surface area contributed by atoms with Crippen LogP contribution in [0.2, 0.25) is 0 Å². The first-order valence-corrected chi connectivity index (χ1v) is 5.34. The maximum absolute atomic E-state index is 8.89. The third kappa shape index (κ3) is 2.19. The Kier molecular flexibility index (Phi) is 2.70. The van der Waals surface area contributed by atoms with E-state index in [0.717, 1.165) is 11.4 Å². The van der Waals surface area contributed by atoms with Crippen LogP contribution in [-0.2, 0) is 5.54 Å². The Bertz CT molecular complexity index is 570. The highest BCUT2D eigenvalue weighted by Gasteiger charge is 2.19. The maximum atomic E-state index is 8.89. The lowest BCUT2D eigenvalue weighted by Crippen LogP contribution is -2.31. The first-order chi connectivity index (χ1) is 8.02. The molecule has 0 aliphatic heterocycles. The molecule has 4 heteroatoms. The van der Waals surface area contributed by atoms with E-state index in [2.05, 4.69) is 11.1 Å². The van der Waals surface area contributed by atoms with E-state index >= 15 is 0 Å². The van der Waals surface area contributed by atoms with Crippen molar-refractivity contribution in [3.05, 3.63) is 48.0 Å². The van der Waals surface area contributed by atoms with Gasteiger partial charge in [-0.25, -0.2) is 4.98 Å². The van der Waals surface area contributed by atoms with Gasteiger partial charge in [-0.1, -0.05) is 6.07 Å². The van der Waals surface area contributed by atoms with Gasteiger partial charge < -0.3 is 10.3 Å². The summed E-state index contributed by atoms with van der Waals surface area (Å²) >= 11 is 0. The molecule has 0 aliphatic rings. The van der Waals surface area contributed by atoms with Crippen molar-refractivity contribution in [2.75, 3.05) is 0 Å². The van der Waals surface area contributed by atoms with Gasteiger partial charge in [0.05, 0.1) is 35.4 Å². The number of aromatic nitrogens is 2. The molecule has 0 aliphatic carbocycles. The standard InChI is InChI=1S/C13H14N4/c1-13(2,15)12-8-16-9-17(12)11-5-3-4-10(6-11)7-14/h3-6,8-9H,15H2,1-2H3. The summed E-state index contributed by atoms with van der Waals surface area (Å²) in [6.07, 6.45) is 3.46. The highest BCUT2D eigenvalue weighted by molar-refractivity contribution is 5.42. The molecule has 0 saturated carbocycles. The third-order valence-corrected chi connectivity index (χ3v) is 2.55. The summed E-state index contributed by atoms with van der Waals surface area (Å²) in [5, 5.41) is 8.89. The minimum Gasteiger partial charge on any atom is -0.321 e. The number of nitriles is 1. The second kappa shape index (κ2) is 4.04. The molecular formula is C13H14N4. The van der Waals surface area contributed by atoms with E-state index in [0.29, 0.717) is 5.56 Å². The molecule has 0 saturated heterocycles. The summed E-state index contributed by atoms with van der Waals surface area (Å²) in [5.41, 5.74) is 8.04. The van der Waals surface area contributed by atoms with Gasteiger partial charge in [-0.3, -0.25) is 0 Å². The number of benzene rings is 1. The quantitative estimate of drug-likeness (QED) is 0.850. The molecule has 0 atom stereocenters. The van der Waals surface area contributed by atoms with Crippen molar-refractivity contribution < 1.29 is 0 Å². The molecule has 1 aromatic carbocycles. The summed E-state index contributed by atoms with van der Waals surface area (Å²) < 4.78 is 1.90. The van der Waals surface area contributed by atoms with Crippen LogP contribution in [0.1, 0.15) is 25.1 Å². The summed E-state index contributed by atoms with van der Waals surface area (Å²) in [7, 11) is 0. The maximum Gasteiger partial charge on any atom is 0.0994 e. The number of nitrogens with two attached hydrogens (primary N) is 1. The molecular weight excluding hydrogens is 212 g/mol. The van der Waals surface area contributed by atoms with Gasteiger partial charge in [-0.2, -0.15) is 5.26 Å². The van der Waals surface area contributed by atoms with Crippen LogP contribution in [0, 0.1) is 11.3 Å². The minimum atomic E-state index is -0.473. The van der Waals surface area contributed by atoms with Crippen LogP contribution in [0.25, 0.3) is 5.69 Å². The van der Waals surface area contributed by atoms with Crippen LogP contribution < -0.4 is 5.73 Å². The number of imidazole rings is 1. The molecule has 4 nitrogen and oxygen atoms in total. The molecule has 1 aromatic heterocycles. The lowest BCUT2D eigenvalue weighted by atomic mass is 10.0. The molecule has 1 heterocycles. The number of hydrogen-bond acceptors (Lipinski definition) is 3. The fourth-order valence-electron chi connectivity index (χ4n) is 1.70. The van der Waals surface area contributed by atoms with Gasteiger partial charge in [0.2, 0.25) is 0 Å². The summed E-state index contributed by atoms with van der Waals surface area (Å²) in [5.74, 6) is 0. The molecule has 0 amide bonds. The summed E-state index contributed by atoms with van der Waals surface area (Å²) in [6, 6.07) is 9.49. The number of rotatable bonds is 2. The Hall–Kier alpha value is -2.12. The molecule has 0 spiro atoms. The molecule has 0 unspecified atom stereocenters. The van der Waals surface area contributed by atoms with Crippen molar-refractivity contribution in [2.24, 2.45) is 5.73 Å². The van der Waals surface area contributed by atoms with E-state index in [1.54, 1.807) is 18.6 Å². The Balaban J connectivity index is 2.55. The molecule has 0 fully saturated rings. The first-order valence-electron chi connectivity index (χ1n) is 5.34. The van der Waals surface area contributed by atoms with Gasteiger partial charge in [0.25, 0.3) is 0 Å². The first kappa shape index (κ1) is 11.4. The largest absolute Gasteiger partial charge is 0.321 e. The van der Waals surface area contributed by atoms with E-state index in [4.69, 9.17) is 11.0 Å². The third-order valence-electron chi connectivity index (χ3n) is 2.55. The van der Waals surface area contributed by atoms with E-state index < -0.39 is 5.54 Å². The van der Waals surface area contributed by atoms with Crippen LogP contribution in [-0.4, -0.2) is 9.55 Å². The van der Waals surface area contributed by atoms with Crippen molar-refractivity contribution in [1.29, 1.82) is 5.26 Å². The van der Waals surface area contributed by atoms with Gasteiger partial charge in [-0.05, 0) is 32.0 Å². The van der Waals surface area contributed by atoms with Gasteiger partial charge in [0, 0.05) is 5.69 Å². The topological polar surface area (TPSA) is 67.6 Å². The lowest BCUT2D eigenvalue weighted by molar-refractivity contribution is 0.524. The highest BCUT2D eigenvalue weighted by Crippen LogP contribution is 2.20. The number of nitrogens with zero attached hydrogens (tertiary/aromatic N) is 3. The number of hydrogen-bond donors (Lipinski definition) is 1. The Morgan fingerprint density at radius 2 is 2.18 bits per heavy atom. The molecule has 0 bridgehead atoms. The molecule has 2 N–H and O–H groups in total. The average Bonchev–Trinajstić information content (AvgIpc) is 2.77. The Morgan fingerprint density at radius 1 is 1.41 bits per heavy atom. The summed E-state index contributed by atoms with van der Waals surface area (Å²) in [6.45, 7) is 3.85. The van der Waals surface area contributed by atoms with Crippen molar-refractivity contribution in [1.82, 2.24) is 9.55 Å². The van der Waals surface area contributed by atoms with E-state index in [9.17, 15) is 0 Å². The normalized spacial score (nSPS) is 11.2. The monoisotopic (exact) mass is 226 g/mol. The van der Waals surface area contributed by atoms with Gasteiger partial charge in [-0.15, -0.1) is 0 Å². The Labute approximate surface area is 100 Å². The van der Waals surface area contributed by atoms with Gasteiger partial charge >= 0.3 is 0 Å². The van der Waals surface area contributed by atoms with Crippen LogP contribution >= 0.6 is 0 Å². The van der Waals surface area contributed by atoms with Crippen molar-refractivity contribution in [3.8, 4) is 11.8 Å². The van der Waals surface area contributed by atoms with Crippen molar-refractivity contribution in [2.45, 2.75) is 19.4 Å². The SMILES string of the molecule is CC(C)(N)c1cncn1-c1cccc(C#N)c1. The van der Waals surface area contributed by atoms with Crippen molar-refractivity contribution >= 4 is 0 Å². The zero-order valence-corrected chi connectivity index (χ0v) is 9.88. The van der Waals surface area contributed by atoms with Gasteiger partial charge in [0.1, 0.15) is 0 Å². The minimum absolute atomic E-state index is 0.473. The van der Waals surface area contributed by atoms with E-state index in [-0.39, 0.29) is 0 Å². The lowest BCUT2D eigenvalue weighted by Gasteiger charge is -2.20. The van der Waals surface area contributed by atoms with Crippen LogP contribution in [0.4, 0.5) is 0 Å². The molecule has 0 radical (unpaired) electrons. The van der Waals surface area contributed by atoms with Crippen LogP contribution in [0.3, 0.4) is 0 Å². The average molecular weight is 226 g/mol. The van der Waals surface area contributed by atoms with Crippen molar-refractivity contribution in [3.63, 3.8) is 0 Å². The second-order valence-electron chi connectivity index (χ2n) is 4.53. The zero-order valence-electron chi connectivity index (χ0n) is 9.88. The fraction of sp³-hybridized carbons (Fsp3) is 0.231.